The van der Waals surface area contributed by atoms with Gasteiger partial charge in [0.25, 0.3) is 0 Å². The number of halogens is 3. The standard InChI is InChI=1S/C12H9BrCl2N2O/c1-2-18-8-6-4-3-5-7(8)12-16-10(14)9(13)11(15)17-12/h3-6H,2H2,1H3. The van der Waals surface area contributed by atoms with Crippen LogP contribution in [0.25, 0.3) is 11.4 Å². The summed E-state index contributed by atoms with van der Waals surface area (Å²) in [7, 11) is 0. The van der Waals surface area contributed by atoms with Crippen LogP contribution in [0, 0.1) is 0 Å². The Balaban J connectivity index is 2.55. The van der Waals surface area contributed by atoms with Gasteiger partial charge in [0.05, 0.1) is 16.6 Å². The molecule has 0 atom stereocenters. The van der Waals surface area contributed by atoms with Gasteiger partial charge in [0.2, 0.25) is 0 Å². The SMILES string of the molecule is CCOc1ccccc1-c1nc(Cl)c(Br)c(Cl)n1. The second-order valence-electron chi connectivity index (χ2n) is 3.37. The largest absolute Gasteiger partial charge is 0.493 e. The number of ether oxygens (including phenoxy) is 1. The van der Waals surface area contributed by atoms with Crippen molar-refractivity contribution in [2.24, 2.45) is 0 Å². The summed E-state index contributed by atoms with van der Waals surface area (Å²) in [6.07, 6.45) is 0. The maximum absolute atomic E-state index is 5.98. The van der Waals surface area contributed by atoms with Gasteiger partial charge in [-0.25, -0.2) is 9.97 Å². The van der Waals surface area contributed by atoms with E-state index in [1.165, 1.54) is 0 Å². The van der Waals surface area contributed by atoms with Crippen LogP contribution in [0.1, 0.15) is 6.92 Å². The van der Waals surface area contributed by atoms with E-state index < -0.39 is 0 Å². The fourth-order valence-electron chi connectivity index (χ4n) is 1.45. The Hall–Kier alpha value is -0.840. The molecule has 0 saturated heterocycles. The molecule has 0 N–H and O–H groups in total. The Morgan fingerprint density at radius 3 is 2.39 bits per heavy atom. The molecule has 0 amide bonds. The molecule has 0 aliphatic rings. The third-order valence-corrected chi connectivity index (χ3v) is 3.95. The van der Waals surface area contributed by atoms with E-state index in [-0.39, 0.29) is 10.3 Å². The molecule has 0 saturated carbocycles. The Morgan fingerprint density at radius 1 is 1.17 bits per heavy atom. The van der Waals surface area contributed by atoms with Crippen molar-refractivity contribution in [1.29, 1.82) is 0 Å². The first-order valence-electron chi connectivity index (χ1n) is 5.24. The number of hydrogen-bond donors (Lipinski definition) is 0. The molecular formula is C12H9BrCl2N2O. The van der Waals surface area contributed by atoms with E-state index in [2.05, 4.69) is 25.9 Å². The molecule has 2 aromatic rings. The first kappa shape index (κ1) is 13.6. The molecule has 2 rings (SSSR count). The average Bonchev–Trinajstić information content (AvgIpc) is 2.36. The summed E-state index contributed by atoms with van der Waals surface area (Å²) in [5.74, 6) is 1.15. The first-order valence-corrected chi connectivity index (χ1v) is 6.79. The van der Waals surface area contributed by atoms with Crippen LogP contribution >= 0.6 is 39.1 Å². The minimum absolute atomic E-state index is 0.274. The molecule has 0 unspecified atom stereocenters. The smallest absolute Gasteiger partial charge is 0.166 e. The third kappa shape index (κ3) is 2.76. The number of nitrogens with zero attached hydrogens (tertiary/aromatic N) is 2. The van der Waals surface area contributed by atoms with Crippen molar-refractivity contribution in [3.63, 3.8) is 0 Å². The minimum Gasteiger partial charge on any atom is -0.493 e. The van der Waals surface area contributed by atoms with Crippen LogP contribution in [-0.4, -0.2) is 16.6 Å². The van der Waals surface area contributed by atoms with Gasteiger partial charge >= 0.3 is 0 Å². The Morgan fingerprint density at radius 2 is 1.78 bits per heavy atom. The van der Waals surface area contributed by atoms with E-state index in [9.17, 15) is 0 Å². The minimum atomic E-state index is 0.274. The number of aromatic nitrogens is 2. The molecular weight excluding hydrogens is 339 g/mol. The van der Waals surface area contributed by atoms with E-state index in [0.717, 1.165) is 5.56 Å². The van der Waals surface area contributed by atoms with Crippen molar-refractivity contribution >= 4 is 39.1 Å². The molecule has 6 heteroatoms. The summed E-state index contributed by atoms with van der Waals surface area (Å²) in [4.78, 5) is 8.38. The Labute approximate surface area is 123 Å². The molecule has 0 bridgehead atoms. The molecule has 0 aliphatic carbocycles. The van der Waals surface area contributed by atoms with Gasteiger partial charge in [-0.2, -0.15) is 0 Å². The monoisotopic (exact) mass is 346 g/mol. The van der Waals surface area contributed by atoms with Crippen molar-refractivity contribution in [3.8, 4) is 17.1 Å². The molecule has 1 aromatic carbocycles. The van der Waals surface area contributed by atoms with Crippen LogP contribution in [0.3, 0.4) is 0 Å². The van der Waals surface area contributed by atoms with Crippen molar-refractivity contribution in [2.75, 3.05) is 6.61 Å². The third-order valence-electron chi connectivity index (χ3n) is 2.20. The lowest BCUT2D eigenvalue weighted by Gasteiger charge is -2.09. The molecule has 0 spiro atoms. The van der Waals surface area contributed by atoms with Gasteiger partial charge in [0, 0.05) is 0 Å². The van der Waals surface area contributed by atoms with Gasteiger partial charge < -0.3 is 4.74 Å². The van der Waals surface area contributed by atoms with Gasteiger partial charge in [-0.05, 0) is 35.0 Å². The fraction of sp³-hybridized carbons (Fsp3) is 0.167. The van der Waals surface area contributed by atoms with Gasteiger partial charge in [-0.3, -0.25) is 0 Å². The summed E-state index contributed by atoms with van der Waals surface area (Å²) >= 11 is 15.2. The van der Waals surface area contributed by atoms with E-state index in [1.54, 1.807) is 0 Å². The lowest BCUT2D eigenvalue weighted by Crippen LogP contribution is -1.97. The zero-order valence-corrected chi connectivity index (χ0v) is 12.6. The Kier molecular flexibility index (Phi) is 4.43. The highest BCUT2D eigenvalue weighted by atomic mass is 79.9. The van der Waals surface area contributed by atoms with Gasteiger partial charge in [-0.15, -0.1) is 0 Å². The summed E-state index contributed by atoms with van der Waals surface area (Å²) in [6, 6.07) is 7.48. The topological polar surface area (TPSA) is 35.0 Å². The van der Waals surface area contributed by atoms with Crippen molar-refractivity contribution in [1.82, 2.24) is 9.97 Å². The Bertz CT molecular complexity index is 555. The molecule has 3 nitrogen and oxygen atoms in total. The van der Waals surface area contributed by atoms with Crippen LogP contribution in [0.4, 0.5) is 0 Å². The van der Waals surface area contributed by atoms with Gasteiger partial charge in [0.15, 0.2) is 5.82 Å². The van der Waals surface area contributed by atoms with E-state index in [4.69, 9.17) is 27.9 Å². The van der Waals surface area contributed by atoms with Crippen molar-refractivity contribution in [2.45, 2.75) is 6.92 Å². The van der Waals surface area contributed by atoms with Crippen LogP contribution in [0.15, 0.2) is 28.7 Å². The van der Waals surface area contributed by atoms with Gasteiger partial charge in [-0.1, -0.05) is 35.3 Å². The highest BCUT2D eigenvalue weighted by Crippen LogP contribution is 2.33. The van der Waals surface area contributed by atoms with Gasteiger partial charge in [0.1, 0.15) is 16.1 Å². The van der Waals surface area contributed by atoms with Crippen molar-refractivity contribution in [3.05, 3.63) is 39.0 Å². The highest BCUT2D eigenvalue weighted by Gasteiger charge is 2.13. The second kappa shape index (κ2) is 5.87. The van der Waals surface area contributed by atoms with E-state index in [1.807, 2.05) is 31.2 Å². The summed E-state index contributed by atoms with van der Waals surface area (Å²) in [5, 5.41) is 0.549. The van der Waals surface area contributed by atoms with E-state index >= 15 is 0 Å². The normalized spacial score (nSPS) is 10.4. The first-order chi connectivity index (χ1) is 8.63. The summed E-state index contributed by atoms with van der Waals surface area (Å²) in [6.45, 7) is 2.48. The molecule has 1 heterocycles. The highest BCUT2D eigenvalue weighted by molar-refractivity contribution is 9.10. The van der Waals surface area contributed by atoms with Crippen LogP contribution in [0.5, 0.6) is 5.75 Å². The predicted molar refractivity (Wildman–Crippen MR) is 76.4 cm³/mol. The lowest BCUT2D eigenvalue weighted by atomic mass is 10.2. The van der Waals surface area contributed by atoms with Crippen LogP contribution < -0.4 is 4.74 Å². The second-order valence-corrected chi connectivity index (χ2v) is 4.88. The molecule has 1 aromatic heterocycles. The number of para-hydroxylation sites is 1. The zero-order chi connectivity index (χ0) is 13.1. The quantitative estimate of drug-likeness (QED) is 0.760. The maximum atomic E-state index is 5.98. The fourth-order valence-corrected chi connectivity index (χ4v) is 2.01. The summed E-state index contributed by atoms with van der Waals surface area (Å²) < 4.78 is 6.01. The van der Waals surface area contributed by atoms with Crippen LogP contribution in [0.2, 0.25) is 10.3 Å². The number of rotatable bonds is 3. The summed E-state index contributed by atoms with van der Waals surface area (Å²) in [5.41, 5.74) is 0.760. The lowest BCUT2D eigenvalue weighted by molar-refractivity contribution is 0.341. The predicted octanol–water partition coefficient (Wildman–Crippen LogP) is 4.61. The number of hydrogen-bond acceptors (Lipinski definition) is 3. The molecule has 0 fully saturated rings. The molecule has 0 aliphatic heterocycles. The molecule has 94 valence electrons. The molecule has 0 radical (unpaired) electrons. The average molecular weight is 348 g/mol. The zero-order valence-electron chi connectivity index (χ0n) is 9.45. The van der Waals surface area contributed by atoms with Crippen LogP contribution in [-0.2, 0) is 0 Å². The molecule has 18 heavy (non-hydrogen) atoms. The maximum Gasteiger partial charge on any atom is 0.166 e. The van der Waals surface area contributed by atoms with Crippen molar-refractivity contribution < 1.29 is 4.74 Å². The number of benzene rings is 1. The van der Waals surface area contributed by atoms with E-state index in [0.29, 0.717) is 22.7 Å².